The number of carbonyl (C=O) groups is 1. The molecule has 2 aromatic rings. The Morgan fingerprint density at radius 2 is 2.00 bits per heavy atom. The van der Waals surface area contributed by atoms with E-state index in [0.717, 1.165) is 12.8 Å². The van der Waals surface area contributed by atoms with Crippen LogP contribution in [0.3, 0.4) is 0 Å². The fraction of sp³-hybridized carbons (Fsp3) is 0.250. The molecule has 104 valence electrons. The second kappa shape index (κ2) is 7.40. The minimum atomic E-state index is -0.109. The van der Waals surface area contributed by atoms with Crippen LogP contribution in [0.1, 0.15) is 24.0 Å². The van der Waals surface area contributed by atoms with E-state index >= 15 is 0 Å². The first-order valence-corrected chi connectivity index (χ1v) is 6.67. The highest BCUT2D eigenvalue weighted by Gasteiger charge is 2.06. The fourth-order valence-electron chi connectivity index (χ4n) is 1.98. The summed E-state index contributed by atoms with van der Waals surface area (Å²) in [4.78, 5) is 15.8. The molecule has 0 atom stereocenters. The number of nitrogens with one attached hydrogen (secondary N) is 1. The molecule has 1 aromatic heterocycles. The maximum atomic E-state index is 11.9. The van der Waals surface area contributed by atoms with Crippen molar-refractivity contribution in [2.75, 3.05) is 5.32 Å². The number of hydrogen-bond donors (Lipinski definition) is 2. The SMILES string of the molecule is O=C(CCCc1ccccc1)Nc1cnccc1CO. The van der Waals surface area contributed by atoms with Crippen molar-refractivity contribution < 1.29 is 9.90 Å². The number of hydrogen-bond acceptors (Lipinski definition) is 3. The molecule has 20 heavy (non-hydrogen) atoms. The smallest absolute Gasteiger partial charge is 0.224 e. The normalized spacial score (nSPS) is 10.2. The lowest BCUT2D eigenvalue weighted by Crippen LogP contribution is -2.13. The fourth-order valence-corrected chi connectivity index (χ4v) is 1.98. The summed E-state index contributed by atoms with van der Waals surface area (Å²) in [5.74, 6) is -0.0522. The highest BCUT2D eigenvalue weighted by Crippen LogP contribution is 2.14. The number of rotatable bonds is 6. The number of aliphatic hydroxyl groups is 1. The van der Waals surface area contributed by atoms with E-state index in [9.17, 15) is 9.90 Å². The molecule has 0 unspecified atom stereocenters. The Balaban J connectivity index is 1.81. The number of nitrogens with zero attached hydrogens (tertiary/aromatic N) is 1. The average Bonchev–Trinajstić information content (AvgIpc) is 2.49. The van der Waals surface area contributed by atoms with E-state index in [4.69, 9.17) is 0 Å². The summed E-state index contributed by atoms with van der Waals surface area (Å²) in [6.07, 6.45) is 5.28. The molecule has 4 nitrogen and oxygen atoms in total. The Morgan fingerprint density at radius 1 is 1.20 bits per heavy atom. The predicted octanol–water partition coefficient (Wildman–Crippen LogP) is 2.54. The Bertz CT molecular complexity index is 555. The van der Waals surface area contributed by atoms with Gasteiger partial charge in [0.15, 0.2) is 0 Å². The Morgan fingerprint density at radius 3 is 2.75 bits per heavy atom. The van der Waals surface area contributed by atoms with Gasteiger partial charge in [-0.1, -0.05) is 30.3 Å². The number of anilines is 1. The highest BCUT2D eigenvalue weighted by molar-refractivity contribution is 5.91. The van der Waals surface area contributed by atoms with Crippen molar-refractivity contribution >= 4 is 11.6 Å². The molecule has 0 aliphatic heterocycles. The zero-order chi connectivity index (χ0) is 14.2. The van der Waals surface area contributed by atoms with Gasteiger partial charge < -0.3 is 10.4 Å². The quantitative estimate of drug-likeness (QED) is 0.848. The van der Waals surface area contributed by atoms with Crippen LogP contribution in [0.2, 0.25) is 0 Å². The number of aryl methyl sites for hydroxylation is 1. The maximum absolute atomic E-state index is 11.9. The molecular formula is C16H18N2O2. The minimum absolute atomic E-state index is 0.0522. The number of benzene rings is 1. The molecule has 0 saturated heterocycles. The summed E-state index contributed by atoms with van der Waals surface area (Å²) in [6.45, 7) is -0.109. The van der Waals surface area contributed by atoms with Crippen molar-refractivity contribution in [3.63, 3.8) is 0 Å². The number of aliphatic hydroxyl groups excluding tert-OH is 1. The Labute approximate surface area is 118 Å². The van der Waals surface area contributed by atoms with Crippen LogP contribution in [0.15, 0.2) is 48.8 Å². The molecule has 0 bridgehead atoms. The summed E-state index contributed by atoms with van der Waals surface area (Å²) >= 11 is 0. The summed E-state index contributed by atoms with van der Waals surface area (Å²) in [5.41, 5.74) is 2.49. The minimum Gasteiger partial charge on any atom is -0.392 e. The van der Waals surface area contributed by atoms with Crippen LogP contribution in [0.5, 0.6) is 0 Å². The van der Waals surface area contributed by atoms with Crippen molar-refractivity contribution in [3.8, 4) is 0 Å². The van der Waals surface area contributed by atoms with Crippen molar-refractivity contribution in [2.24, 2.45) is 0 Å². The lowest BCUT2D eigenvalue weighted by molar-refractivity contribution is -0.116. The molecule has 1 amide bonds. The van der Waals surface area contributed by atoms with E-state index in [1.807, 2.05) is 18.2 Å². The molecule has 0 aliphatic carbocycles. The average molecular weight is 270 g/mol. The van der Waals surface area contributed by atoms with Crippen LogP contribution in [-0.2, 0) is 17.8 Å². The van der Waals surface area contributed by atoms with E-state index in [0.29, 0.717) is 17.7 Å². The molecule has 1 heterocycles. The van der Waals surface area contributed by atoms with E-state index in [2.05, 4.69) is 22.4 Å². The van der Waals surface area contributed by atoms with Gasteiger partial charge in [0.25, 0.3) is 0 Å². The zero-order valence-electron chi connectivity index (χ0n) is 11.2. The summed E-state index contributed by atoms with van der Waals surface area (Å²) in [5, 5.41) is 12.0. The number of amides is 1. The van der Waals surface area contributed by atoms with Gasteiger partial charge in [0.1, 0.15) is 0 Å². The van der Waals surface area contributed by atoms with Gasteiger partial charge in [-0.05, 0) is 24.5 Å². The van der Waals surface area contributed by atoms with E-state index < -0.39 is 0 Å². The van der Waals surface area contributed by atoms with Crippen molar-refractivity contribution in [1.82, 2.24) is 4.98 Å². The van der Waals surface area contributed by atoms with Gasteiger partial charge >= 0.3 is 0 Å². The van der Waals surface area contributed by atoms with Crippen LogP contribution < -0.4 is 5.32 Å². The Hall–Kier alpha value is -2.20. The summed E-state index contributed by atoms with van der Waals surface area (Å²) in [6, 6.07) is 11.8. The van der Waals surface area contributed by atoms with E-state index in [1.54, 1.807) is 18.5 Å². The monoisotopic (exact) mass is 270 g/mol. The van der Waals surface area contributed by atoms with Gasteiger partial charge in [-0.2, -0.15) is 0 Å². The van der Waals surface area contributed by atoms with Gasteiger partial charge in [0.2, 0.25) is 5.91 Å². The van der Waals surface area contributed by atoms with Gasteiger partial charge in [-0.3, -0.25) is 9.78 Å². The van der Waals surface area contributed by atoms with E-state index in [-0.39, 0.29) is 12.5 Å². The lowest BCUT2D eigenvalue weighted by atomic mass is 10.1. The second-order valence-electron chi connectivity index (χ2n) is 4.58. The van der Waals surface area contributed by atoms with Gasteiger partial charge in [0, 0.05) is 18.2 Å². The van der Waals surface area contributed by atoms with Gasteiger partial charge in [-0.15, -0.1) is 0 Å². The van der Waals surface area contributed by atoms with Gasteiger partial charge in [-0.25, -0.2) is 0 Å². The van der Waals surface area contributed by atoms with Crippen LogP contribution >= 0.6 is 0 Å². The molecule has 0 spiro atoms. The molecule has 1 aromatic carbocycles. The van der Waals surface area contributed by atoms with Crippen molar-refractivity contribution in [1.29, 1.82) is 0 Å². The first-order chi connectivity index (χ1) is 9.79. The first-order valence-electron chi connectivity index (χ1n) is 6.67. The maximum Gasteiger partial charge on any atom is 0.224 e. The molecule has 2 N–H and O–H groups in total. The highest BCUT2D eigenvalue weighted by atomic mass is 16.3. The van der Waals surface area contributed by atoms with Crippen LogP contribution in [0, 0.1) is 0 Å². The molecule has 2 rings (SSSR count). The Kier molecular flexibility index (Phi) is 5.26. The number of aromatic nitrogens is 1. The third-order valence-electron chi connectivity index (χ3n) is 3.07. The zero-order valence-corrected chi connectivity index (χ0v) is 11.2. The van der Waals surface area contributed by atoms with Crippen LogP contribution in [0.4, 0.5) is 5.69 Å². The second-order valence-corrected chi connectivity index (χ2v) is 4.58. The lowest BCUT2D eigenvalue weighted by Gasteiger charge is -2.08. The largest absolute Gasteiger partial charge is 0.392 e. The first kappa shape index (κ1) is 14.2. The standard InChI is InChI=1S/C16H18N2O2/c19-12-14-9-10-17-11-15(14)18-16(20)8-4-7-13-5-2-1-3-6-13/h1-3,5-6,9-11,19H,4,7-8,12H2,(H,18,20). The molecular weight excluding hydrogens is 252 g/mol. The number of pyridine rings is 1. The van der Waals surface area contributed by atoms with Crippen molar-refractivity contribution in [2.45, 2.75) is 25.9 Å². The topological polar surface area (TPSA) is 62.2 Å². The third-order valence-corrected chi connectivity index (χ3v) is 3.07. The third kappa shape index (κ3) is 4.17. The predicted molar refractivity (Wildman–Crippen MR) is 78.2 cm³/mol. The summed E-state index contributed by atoms with van der Waals surface area (Å²) in [7, 11) is 0. The van der Waals surface area contributed by atoms with Gasteiger partial charge in [0.05, 0.1) is 18.5 Å². The van der Waals surface area contributed by atoms with Crippen LogP contribution in [-0.4, -0.2) is 16.0 Å². The molecule has 0 aliphatic rings. The molecule has 0 radical (unpaired) electrons. The number of carbonyl (C=O) groups excluding carboxylic acids is 1. The summed E-state index contributed by atoms with van der Waals surface area (Å²) < 4.78 is 0. The van der Waals surface area contributed by atoms with E-state index in [1.165, 1.54) is 5.56 Å². The molecule has 0 fully saturated rings. The van der Waals surface area contributed by atoms with Crippen molar-refractivity contribution in [3.05, 3.63) is 59.9 Å². The van der Waals surface area contributed by atoms with Crippen LogP contribution in [0.25, 0.3) is 0 Å². The molecule has 4 heteroatoms. The molecule has 0 saturated carbocycles.